The molecule has 0 aromatic heterocycles. The van der Waals surface area contributed by atoms with E-state index in [0.29, 0.717) is 23.9 Å². The molecule has 178 valence electrons. The first kappa shape index (κ1) is 25.0. The Bertz CT molecular complexity index is 1070. The van der Waals surface area contributed by atoms with E-state index in [9.17, 15) is 18.0 Å². The molecule has 2 aromatic rings. The van der Waals surface area contributed by atoms with Crippen molar-refractivity contribution in [1.29, 1.82) is 0 Å². The third-order valence-electron chi connectivity index (χ3n) is 5.07. The molecule has 1 heterocycles. The second-order valence-corrected chi connectivity index (χ2v) is 9.75. The Hall–Kier alpha value is -2.66. The number of hydrogen-bond donors (Lipinski definition) is 2. The average molecular weight is 495 g/mol. The Morgan fingerprint density at radius 1 is 1.12 bits per heavy atom. The van der Waals surface area contributed by atoms with E-state index in [2.05, 4.69) is 14.9 Å². The molecule has 9 nitrogen and oxygen atoms in total. The Morgan fingerprint density at radius 3 is 2.48 bits per heavy atom. The lowest BCUT2D eigenvalue weighted by Gasteiger charge is -2.28. The number of likely N-dealkylation sites (N-methyl/N-ethyl adjacent to an activating group) is 1. The van der Waals surface area contributed by atoms with Gasteiger partial charge in [0, 0.05) is 49.5 Å². The first-order valence-corrected chi connectivity index (χ1v) is 12.3. The molecule has 11 heteroatoms. The van der Waals surface area contributed by atoms with Gasteiger partial charge in [-0.1, -0.05) is 17.7 Å². The number of halogens is 1. The van der Waals surface area contributed by atoms with Crippen molar-refractivity contribution in [3.63, 3.8) is 0 Å². The zero-order chi connectivity index (χ0) is 23.8. The Balaban J connectivity index is 1.43. The summed E-state index contributed by atoms with van der Waals surface area (Å²) in [6.07, 6.45) is -0.0855. The highest BCUT2D eigenvalue weighted by molar-refractivity contribution is 7.89. The topological polar surface area (TPSA) is 108 Å². The number of morpholine rings is 1. The molecule has 2 aromatic carbocycles. The summed E-state index contributed by atoms with van der Waals surface area (Å²) in [5.74, 6) is -0.703. The Morgan fingerprint density at radius 2 is 1.82 bits per heavy atom. The van der Waals surface area contributed by atoms with Crippen LogP contribution in [0.4, 0.5) is 11.4 Å². The number of rotatable bonds is 9. The molecule has 0 radical (unpaired) electrons. The van der Waals surface area contributed by atoms with Crippen LogP contribution in [-0.2, 0) is 24.3 Å². The normalized spacial score (nSPS) is 14.1. The van der Waals surface area contributed by atoms with E-state index < -0.39 is 10.0 Å². The second kappa shape index (κ2) is 11.5. The monoisotopic (exact) mass is 494 g/mol. The summed E-state index contributed by atoms with van der Waals surface area (Å²) in [7, 11) is -2.28. The number of carbonyl (C=O) groups excluding carboxylic acids is 2. The minimum Gasteiger partial charge on any atom is -0.378 e. The third kappa shape index (κ3) is 7.43. The Kier molecular flexibility index (Phi) is 8.67. The van der Waals surface area contributed by atoms with Crippen LogP contribution in [0.15, 0.2) is 53.4 Å². The summed E-state index contributed by atoms with van der Waals surface area (Å²) in [6, 6.07) is 13.3. The summed E-state index contributed by atoms with van der Waals surface area (Å²) in [5, 5.41) is 3.07. The minimum absolute atomic E-state index is 0.0230. The fourth-order valence-electron chi connectivity index (χ4n) is 3.28. The summed E-state index contributed by atoms with van der Waals surface area (Å²) < 4.78 is 32.3. The molecule has 3 rings (SSSR count). The number of amides is 2. The van der Waals surface area contributed by atoms with Crippen LogP contribution in [0.1, 0.15) is 6.42 Å². The van der Waals surface area contributed by atoms with Gasteiger partial charge in [0.1, 0.15) is 0 Å². The highest BCUT2D eigenvalue weighted by Crippen LogP contribution is 2.19. The molecule has 33 heavy (non-hydrogen) atoms. The standard InChI is InChI=1S/C22H27ClN4O5S/c1-26(22(29)9-10-24-33(30,31)20-4-2-3-17(23)15-20)16-21(28)25-18-5-7-19(8-6-18)27-11-13-32-14-12-27/h2-8,15,24H,9-14,16H2,1H3,(H,25,28). The summed E-state index contributed by atoms with van der Waals surface area (Å²) in [6.45, 7) is 2.80. The molecule has 1 fully saturated rings. The number of benzene rings is 2. The molecule has 0 atom stereocenters. The third-order valence-corrected chi connectivity index (χ3v) is 6.76. The zero-order valence-corrected chi connectivity index (χ0v) is 19.9. The molecular formula is C22H27ClN4O5S. The van der Waals surface area contributed by atoms with Crippen LogP contribution >= 0.6 is 11.6 Å². The minimum atomic E-state index is -3.77. The molecule has 0 bridgehead atoms. The van der Waals surface area contributed by atoms with Crippen molar-refractivity contribution in [3.8, 4) is 0 Å². The number of ether oxygens (including phenoxy) is 1. The summed E-state index contributed by atoms with van der Waals surface area (Å²) in [5.41, 5.74) is 1.69. The predicted molar refractivity (Wildman–Crippen MR) is 127 cm³/mol. The molecule has 1 aliphatic rings. The van der Waals surface area contributed by atoms with Crippen molar-refractivity contribution in [2.24, 2.45) is 0 Å². The molecular weight excluding hydrogens is 468 g/mol. The largest absolute Gasteiger partial charge is 0.378 e. The number of nitrogens with one attached hydrogen (secondary N) is 2. The number of carbonyl (C=O) groups is 2. The average Bonchev–Trinajstić information content (AvgIpc) is 2.80. The van der Waals surface area contributed by atoms with E-state index in [1.807, 2.05) is 24.3 Å². The van der Waals surface area contributed by atoms with Gasteiger partial charge < -0.3 is 19.9 Å². The number of sulfonamides is 1. The van der Waals surface area contributed by atoms with Crippen molar-refractivity contribution in [1.82, 2.24) is 9.62 Å². The van der Waals surface area contributed by atoms with Crippen molar-refractivity contribution in [2.75, 3.05) is 56.7 Å². The van der Waals surface area contributed by atoms with Crippen LogP contribution in [-0.4, -0.2) is 71.6 Å². The Labute approximate surface area is 198 Å². The van der Waals surface area contributed by atoms with E-state index in [4.69, 9.17) is 16.3 Å². The van der Waals surface area contributed by atoms with Crippen molar-refractivity contribution >= 4 is 44.8 Å². The highest BCUT2D eigenvalue weighted by Gasteiger charge is 2.17. The smallest absolute Gasteiger partial charge is 0.243 e. The van der Waals surface area contributed by atoms with Crippen LogP contribution < -0.4 is 14.9 Å². The summed E-state index contributed by atoms with van der Waals surface area (Å²) in [4.78, 5) is 28.1. The van der Waals surface area contributed by atoms with Crippen LogP contribution in [0.25, 0.3) is 0 Å². The predicted octanol–water partition coefficient (Wildman–Crippen LogP) is 1.94. The second-order valence-electron chi connectivity index (χ2n) is 7.55. The van der Waals surface area contributed by atoms with Gasteiger partial charge in [0.05, 0.1) is 24.7 Å². The molecule has 2 amide bonds. The highest BCUT2D eigenvalue weighted by atomic mass is 35.5. The number of nitrogens with zero attached hydrogens (tertiary/aromatic N) is 2. The summed E-state index contributed by atoms with van der Waals surface area (Å²) >= 11 is 5.83. The number of anilines is 2. The fourth-order valence-corrected chi connectivity index (χ4v) is 4.61. The van der Waals surface area contributed by atoms with Crippen LogP contribution in [0.2, 0.25) is 5.02 Å². The molecule has 0 aliphatic carbocycles. The van der Waals surface area contributed by atoms with Gasteiger partial charge in [-0.3, -0.25) is 9.59 Å². The zero-order valence-electron chi connectivity index (χ0n) is 18.3. The lowest BCUT2D eigenvalue weighted by molar-refractivity contribution is -0.133. The quantitative estimate of drug-likeness (QED) is 0.551. The maximum Gasteiger partial charge on any atom is 0.243 e. The van der Waals surface area contributed by atoms with E-state index in [1.165, 1.54) is 30.1 Å². The van der Waals surface area contributed by atoms with Gasteiger partial charge in [-0.2, -0.15) is 0 Å². The van der Waals surface area contributed by atoms with Gasteiger partial charge in [0.2, 0.25) is 21.8 Å². The SMILES string of the molecule is CN(CC(=O)Nc1ccc(N2CCOCC2)cc1)C(=O)CCNS(=O)(=O)c1cccc(Cl)c1. The van der Waals surface area contributed by atoms with Gasteiger partial charge in [0.25, 0.3) is 0 Å². The maximum atomic E-state index is 12.3. The molecule has 0 spiro atoms. The lowest BCUT2D eigenvalue weighted by Crippen LogP contribution is -2.37. The van der Waals surface area contributed by atoms with Crippen LogP contribution in [0.3, 0.4) is 0 Å². The van der Waals surface area contributed by atoms with Gasteiger partial charge in [-0.05, 0) is 42.5 Å². The van der Waals surface area contributed by atoms with Crippen molar-refractivity contribution < 1.29 is 22.7 Å². The van der Waals surface area contributed by atoms with Crippen LogP contribution in [0.5, 0.6) is 0 Å². The maximum absolute atomic E-state index is 12.3. The molecule has 0 unspecified atom stereocenters. The van der Waals surface area contributed by atoms with Gasteiger partial charge in [-0.25, -0.2) is 13.1 Å². The number of hydrogen-bond acceptors (Lipinski definition) is 6. The first-order valence-electron chi connectivity index (χ1n) is 10.5. The van der Waals surface area contributed by atoms with Crippen molar-refractivity contribution in [2.45, 2.75) is 11.3 Å². The fraction of sp³-hybridized carbons (Fsp3) is 0.364. The molecule has 1 saturated heterocycles. The molecule has 2 N–H and O–H groups in total. The van der Waals surface area contributed by atoms with Gasteiger partial charge in [0.15, 0.2) is 0 Å². The van der Waals surface area contributed by atoms with Gasteiger partial charge >= 0.3 is 0 Å². The van der Waals surface area contributed by atoms with Crippen LogP contribution in [0, 0.1) is 0 Å². The lowest BCUT2D eigenvalue weighted by atomic mass is 10.2. The first-order chi connectivity index (χ1) is 15.7. The molecule has 0 saturated carbocycles. The van der Waals surface area contributed by atoms with E-state index in [1.54, 1.807) is 6.07 Å². The van der Waals surface area contributed by atoms with Gasteiger partial charge in [-0.15, -0.1) is 0 Å². The van der Waals surface area contributed by atoms with Crippen molar-refractivity contribution in [3.05, 3.63) is 53.6 Å². The van der Waals surface area contributed by atoms with E-state index in [-0.39, 0.29) is 36.2 Å². The van der Waals surface area contributed by atoms with E-state index >= 15 is 0 Å². The van der Waals surface area contributed by atoms with E-state index in [0.717, 1.165) is 18.8 Å². The molecule has 1 aliphatic heterocycles.